The predicted octanol–water partition coefficient (Wildman–Crippen LogP) is 5.69. The van der Waals surface area contributed by atoms with Crippen molar-refractivity contribution in [2.45, 2.75) is 13.3 Å². The summed E-state index contributed by atoms with van der Waals surface area (Å²) in [5.41, 5.74) is 5.91. The van der Waals surface area contributed by atoms with E-state index in [1.54, 1.807) is 11.1 Å². The van der Waals surface area contributed by atoms with Crippen molar-refractivity contribution in [3.05, 3.63) is 71.8 Å². The summed E-state index contributed by atoms with van der Waals surface area (Å²) in [5.74, 6) is 1.41. The van der Waals surface area contributed by atoms with E-state index in [0.717, 1.165) is 5.92 Å². The minimum atomic E-state index is 0.674. The van der Waals surface area contributed by atoms with Crippen LogP contribution in [-0.2, 0) is 0 Å². The molecule has 102 valence electrons. The molecule has 0 saturated carbocycles. The van der Waals surface area contributed by atoms with Crippen LogP contribution in [0.15, 0.2) is 60.7 Å². The topological polar surface area (TPSA) is 0 Å². The lowest BCUT2D eigenvalue weighted by Gasteiger charge is -2.17. The molecule has 20 heavy (non-hydrogen) atoms. The SMILES string of the molecule is C[C@@H]1CC(c2ccccc2)=C(c2ccccc2)[C@@H]1CI. The molecule has 1 heteroatoms. The number of halogens is 1. The maximum atomic E-state index is 2.54. The van der Waals surface area contributed by atoms with Crippen molar-refractivity contribution in [1.82, 2.24) is 0 Å². The second kappa shape index (κ2) is 6.13. The van der Waals surface area contributed by atoms with Crippen molar-refractivity contribution < 1.29 is 0 Å². The smallest absolute Gasteiger partial charge is 0.00672 e. The van der Waals surface area contributed by atoms with Crippen LogP contribution >= 0.6 is 22.6 Å². The Kier molecular flexibility index (Phi) is 4.25. The lowest BCUT2D eigenvalue weighted by Crippen LogP contribution is -2.08. The summed E-state index contributed by atoms with van der Waals surface area (Å²) in [4.78, 5) is 0. The first-order valence-corrected chi connectivity index (χ1v) is 8.73. The standard InChI is InChI=1S/C19H19I/c1-14-12-17(15-8-4-2-5-9-15)19(18(14)13-20)16-10-6-3-7-11-16/h2-11,14,18H,12-13H2,1H3/t14-,18-/m1/s1. The molecule has 2 aromatic rings. The van der Waals surface area contributed by atoms with Gasteiger partial charge < -0.3 is 0 Å². The molecule has 1 aliphatic rings. The summed E-state index contributed by atoms with van der Waals surface area (Å²) in [7, 11) is 0. The van der Waals surface area contributed by atoms with Crippen LogP contribution in [0.4, 0.5) is 0 Å². The maximum absolute atomic E-state index is 2.54. The third-order valence-electron chi connectivity index (χ3n) is 4.28. The fraction of sp³-hybridized carbons (Fsp3) is 0.263. The van der Waals surface area contributed by atoms with Crippen LogP contribution in [0.2, 0.25) is 0 Å². The van der Waals surface area contributed by atoms with Crippen LogP contribution in [0.5, 0.6) is 0 Å². The molecule has 2 aromatic carbocycles. The average Bonchev–Trinajstić information content (AvgIpc) is 2.85. The van der Waals surface area contributed by atoms with Crippen molar-refractivity contribution >= 4 is 33.7 Å². The van der Waals surface area contributed by atoms with E-state index in [4.69, 9.17) is 0 Å². The minimum Gasteiger partial charge on any atom is -0.0857 e. The maximum Gasteiger partial charge on any atom is 0.00672 e. The van der Waals surface area contributed by atoms with E-state index < -0.39 is 0 Å². The van der Waals surface area contributed by atoms with Gasteiger partial charge >= 0.3 is 0 Å². The number of hydrogen-bond donors (Lipinski definition) is 0. The Hall–Kier alpha value is -1.09. The van der Waals surface area contributed by atoms with E-state index >= 15 is 0 Å². The summed E-state index contributed by atoms with van der Waals surface area (Å²) in [6.07, 6.45) is 1.20. The highest BCUT2D eigenvalue weighted by molar-refractivity contribution is 14.1. The van der Waals surface area contributed by atoms with Crippen molar-refractivity contribution in [3.8, 4) is 0 Å². The lowest BCUT2D eigenvalue weighted by atomic mass is 9.90. The van der Waals surface area contributed by atoms with Crippen LogP contribution in [0.1, 0.15) is 24.5 Å². The van der Waals surface area contributed by atoms with Gasteiger partial charge in [-0.2, -0.15) is 0 Å². The normalized spacial score (nSPS) is 22.3. The van der Waals surface area contributed by atoms with E-state index in [-0.39, 0.29) is 0 Å². The van der Waals surface area contributed by atoms with Crippen LogP contribution in [-0.4, -0.2) is 4.43 Å². The molecule has 0 heterocycles. The number of benzene rings is 2. The fourth-order valence-electron chi connectivity index (χ4n) is 3.23. The first-order chi connectivity index (χ1) is 9.81. The van der Waals surface area contributed by atoms with Gasteiger partial charge in [0.05, 0.1) is 0 Å². The largest absolute Gasteiger partial charge is 0.0857 e. The van der Waals surface area contributed by atoms with Crippen LogP contribution < -0.4 is 0 Å². The Morgan fingerprint density at radius 1 is 0.900 bits per heavy atom. The van der Waals surface area contributed by atoms with Gasteiger partial charge in [0, 0.05) is 4.43 Å². The third kappa shape index (κ3) is 2.56. The summed E-state index contributed by atoms with van der Waals surface area (Å²) >= 11 is 2.54. The monoisotopic (exact) mass is 374 g/mol. The van der Waals surface area contributed by atoms with Gasteiger partial charge in [-0.15, -0.1) is 0 Å². The van der Waals surface area contributed by atoms with E-state index in [2.05, 4.69) is 90.2 Å². The quantitative estimate of drug-likeness (QED) is 0.478. The van der Waals surface area contributed by atoms with Gasteiger partial charge in [0.25, 0.3) is 0 Å². The zero-order valence-electron chi connectivity index (χ0n) is 11.7. The molecule has 0 aliphatic heterocycles. The first kappa shape index (κ1) is 13.9. The van der Waals surface area contributed by atoms with Gasteiger partial charge in [0.1, 0.15) is 0 Å². The molecule has 1 aliphatic carbocycles. The van der Waals surface area contributed by atoms with Crippen LogP contribution in [0.25, 0.3) is 11.1 Å². The molecule has 3 rings (SSSR count). The van der Waals surface area contributed by atoms with Gasteiger partial charge in [-0.05, 0) is 40.5 Å². The number of rotatable bonds is 3. The van der Waals surface area contributed by atoms with Crippen molar-refractivity contribution in [1.29, 1.82) is 0 Å². The third-order valence-corrected chi connectivity index (χ3v) is 5.23. The van der Waals surface area contributed by atoms with E-state index in [1.807, 2.05) is 0 Å². The van der Waals surface area contributed by atoms with Crippen LogP contribution in [0.3, 0.4) is 0 Å². The molecular formula is C19H19I. The molecule has 2 atom stereocenters. The zero-order chi connectivity index (χ0) is 13.9. The number of hydrogen-bond acceptors (Lipinski definition) is 0. The summed E-state index contributed by atoms with van der Waals surface area (Å²) < 4.78 is 1.19. The number of alkyl halides is 1. The fourth-order valence-corrected chi connectivity index (χ4v) is 4.54. The Labute approximate surface area is 135 Å². The molecule has 0 amide bonds. The summed E-state index contributed by atoms with van der Waals surface area (Å²) in [5, 5.41) is 0. The second-order valence-corrected chi connectivity index (χ2v) is 6.45. The Bertz CT molecular complexity index is 598. The van der Waals surface area contributed by atoms with E-state index in [1.165, 1.54) is 22.0 Å². The highest BCUT2D eigenvalue weighted by atomic mass is 127. The molecule has 0 radical (unpaired) electrons. The molecule has 0 N–H and O–H groups in total. The summed E-state index contributed by atoms with van der Waals surface area (Å²) in [6, 6.07) is 21.8. The lowest BCUT2D eigenvalue weighted by molar-refractivity contribution is 0.521. The Balaban J connectivity index is 2.15. The molecule has 0 bridgehead atoms. The Morgan fingerprint density at radius 2 is 1.45 bits per heavy atom. The predicted molar refractivity (Wildman–Crippen MR) is 95.9 cm³/mol. The van der Waals surface area contributed by atoms with Gasteiger partial charge in [0.15, 0.2) is 0 Å². The van der Waals surface area contributed by atoms with E-state index in [0.29, 0.717) is 5.92 Å². The zero-order valence-corrected chi connectivity index (χ0v) is 13.9. The molecule has 0 saturated heterocycles. The molecule has 0 nitrogen and oxygen atoms in total. The molecule has 0 unspecified atom stereocenters. The van der Waals surface area contributed by atoms with Gasteiger partial charge in [-0.1, -0.05) is 90.2 Å². The summed E-state index contributed by atoms with van der Waals surface area (Å²) in [6.45, 7) is 2.39. The first-order valence-electron chi connectivity index (χ1n) is 7.21. The van der Waals surface area contributed by atoms with Gasteiger partial charge in [0.2, 0.25) is 0 Å². The molecule has 0 aromatic heterocycles. The second-order valence-electron chi connectivity index (χ2n) is 5.57. The Morgan fingerprint density at radius 3 is 2.00 bits per heavy atom. The van der Waals surface area contributed by atoms with Crippen molar-refractivity contribution in [3.63, 3.8) is 0 Å². The molecular weight excluding hydrogens is 355 g/mol. The van der Waals surface area contributed by atoms with Crippen molar-refractivity contribution in [2.24, 2.45) is 11.8 Å². The molecule has 0 spiro atoms. The molecule has 0 fully saturated rings. The van der Waals surface area contributed by atoms with E-state index in [9.17, 15) is 0 Å². The van der Waals surface area contributed by atoms with Gasteiger partial charge in [-0.25, -0.2) is 0 Å². The van der Waals surface area contributed by atoms with Crippen LogP contribution in [0, 0.1) is 11.8 Å². The average molecular weight is 374 g/mol. The minimum absolute atomic E-state index is 0.674. The highest BCUT2D eigenvalue weighted by Gasteiger charge is 2.32. The number of allylic oxidation sites excluding steroid dienone is 2. The highest BCUT2D eigenvalue weighted by Crippen LogP contribution is 2.47. The van der Waals surface area contributed by atoms with Gasteiger partial charge in [-0.3, -0.25) is 0 Å². The van der Waals surface area contributed by atoms with Crippen molar-refractivity contribution in [2.75, 3.05) is 4.43 Å².